The molecule has 17 heavy (non-hydrogen) atoms. The maximum atomic E-state index is 8.84. The van der Waals surface area contributed by atoms with E-state index in [1.54, 1.807) is 0 Å². The number of hydrogen-bond acceptors (Lipinski definition) is 3. The van der Waals surface area contributed by atoms with E-state index >= 15 is 0 Å². The highest BCUT2D eigenvalue weighted by atomic mass is 15.1. The maximum Gasteiger partial charge on any atom is 0.0991 e. The van der Waals surface area contributed by atoms with Crippen LogP contribution < -0.4 is 5.73 Å². The van der Waals surface area contributed by atoms with Gasteiger partial charge in [0, 0.05) is 13.1 Å². The number of nitrogens with two attached hydrogens (primary N) is 1. The minimum Gasteiger partial charge on any atom is -0.330 e. The first-order valence-corrected chi connectivity index (χ1v) is 5.84. The lowest BCUT2D eigenvalue weighted by molar-refractivity contribution is 0.210. The molecule has 1 aromatic rings. The van der Waals surface area contributed by atoms with Gasteiger partial charge in [-0.05, 0) is 36.7 Å². The van der Waals surface area contributed by atoms with Crippen molar-refractivity contribution in [2.45, 2.75) is 20.4 Å². The molecule has 0 atom stereocenters. The molecule has 0 amide bonds. The van der Waals surface area contributed by atoms with Crippen LogP contribution in [-0.4, -0.2) is 25.0 Å². The zero-order valence-electron chi connectivity index (χ0n) is 10.9. The maximum absolute atomic E-state index is 8.84. The second-order valence-corrected chi connectivity index (χ2v) is 5.35. The third-order valence-corrected chi connectivity index (χ3v) is 2.76. The molecule has 0 saturated carbocycles. The van der Waals surface area contributed by atoms with E-state index in [-0.39, 0.29) is 5.41 Å². The Bertz CT molecular complexity index is 404. The Morgan fingerprint density at radius 1 is 1.41 bits per heavy atom. The fourth-order valence-electron chi connectivity index (χ4n) is 1.90. The van der Waals surface area contributed by atoms with Crippen molar-refractivity contribution >= 4 is 0 Å². The van der Waals surface area contributed by atoms with Crippen LogP contribution in [0.15, 0.2) is 24.3 Å². The van der Waals surface area contributed by atoms with Gasteiger partial charge >= 0.3 is 0 Å². The summed E-state index contributed by atoms with van der Waals surface area (Å²) >= 11 is 0. The van der Waals surface area contributed by atoms with Crippen LogP contribution in [0.1, 0.15) is 25.0 Å². The Morgan fingerprint density at radius 3 is 2.71 bits per heavy atom. The largest absolute Gasteiger partial charge is 0.330 e. The fourth-order valence-corrected chi connectivity index (χ4v) is 1.90. The summed E-state index contributed by atoms with van der Waals surface area (Å²) < 4.78 is 0. The molecule has 0 aromatic heterocycles. The van der Waals surface area contributed by atoms with Crippen LogP contribution in [0.3, 0.4) is 0 Å². The molecule has 0 bridgehead atoms. The first-order valence-electron chi connectivity index (χ1n) is 5.84. The number of hydrogen-bond donors (Lipinski definition) is 1. The third-order valence-electron chi connectivity index (χ3n) is 2.76. The van der Waals surface area contributed by atoms with Gasteiger partial charge < -0.3 is 10.6 Å². The molecule has 0 saturated heterocycles. The number of nitrogens with zero attached hydrogens (tertiary/aromatic N) is 2. The molecule has 1 rings (SSSR count). The number of rotatable bonds is 5. The summed E-state index contributed by atoms with van der Waals surface area (Å²) in [5.74, 6) is 0. The van der Waals surface area contributed by atoms with Crippen LogP contribution in [0.4, 0.5) is 0 Å². The monoisotopic (exact) mass is 231 g/mol. The third kappa shape index (κ3) is 4.56. The van der Waals surface area contributed by atoms with Crippen LogP contribution in [0.2, 0.25) is 0 Å². The zero-order chi connectivity index (χ0) is 12.9. The average molecular weight is 231 g/mol. The molecule has 0 aliphatic heterocycles. The minimum atomic E-state index is 0.127. The van der Waals surface area contributed by atoms with Gasteiger partial charge in [0.15, 0.2) is 0 Å². The molecule has 2 N–H and O–H groups in total. The molecule has 92 valence electrons. The summed E-state index contributed by atoms with van der Waals surface area (Å²) in [6.45, 7) is 6.79. The van der Waals surface area contributed by atoms with Crippen LogP contribution in [0.5, 0.6) is 0 Å². The molecule has 0 aliphatic carbocycles. The van der Waals surface area contributed by atoms with E-state index in [1.807, 2.05) is 24.3 Å². The average Bonchev–Trinajstić information content (AvgIpc) is 2.28. The molecule has 0 fully saturated rings. The summed E-state index contributed by atoms with van der Waals surface area (Å²) in [6, 6.07) is 9.90. The molecule has 3 heteroatoms. The van der Waals surface area contributed by atoms with E-state index in [2.05, 4.69) is 31.9 Å². The van der Waals surface area contributed by atoms with Gasteiger partial charge in [-0.1, -0.05) is 26.0 Å². The van der Waals surface area contributed by atoms with Crippen LogP contribution >= 0.6 is 0 Å². The van der Waals surface area contributed by atoms with E-state index in [4.69, 9.17) is 11.0 Å². The van der Waals surface area contributed by atoms with Crippen LogP contribution in [-0.2, 0) is 6.54 Å². The van der Waals surface area contributed by atoms with Crippen molar-refractivity contribution in [3.8, 4) is 6.07 Å². The highest BCUT2D eigenvalue weighted by Crippen LogP contribution is 2.15. The van der Waals surface area contributed by atoms with Crippen molar-refractivity contribution < 1.29 is 0 Å². The summed E-state index contributed by atoms with van der Waals surface area (Å²) in [7, 11) is 2.08. The zero-order valence-corrected chi connectivity index (χ0v) is 10.9. The Hall–Kier alpha value is -1.37. The van der Waals surface area contributed by atoms with Crippen molar-refractivity contribution in [1.82, 2.24) is 4.90 Å². The SMILES string of the molecule is CN(Cc1cccc(C#N)c1)CC(C)(C)CN. The van der Waals surface area contributed by atoms with Gasteiger partial charge in [-0.2, -0.15) is 5.26 Å². The summed E-state index contributed by atoms with van der Waals surface area (Å²) in [5.41, 5.74) is 7.73. The highest BCUT2D eigenvalue weighted by Gasteiger charge is 2.17. The van der Waals surface area contributed by atoms with E-state index < -0.39 is 0 Å². The lowest BCUT2D eigenvalue weighted by atomic mass is 9.93. The Balaban J connectivity index is 2.62. The van der Waals surface area contributed by atoms with Gasteiger partial charge in [-0.25, -0.2) is 0 Å². The Labute approximate surface area is 104 Å². The first-order chi connectivity index (χ1) is 7.96. The van der Waals surface area contributed by atoms with Crippen molar-refractivity contribution in [2.24, 2.45) is 11.1 Å². The fraction of sp³-hybridized carbons (Fsp3) is 0.500. The molecular formula is C14H21N3. The molecule has 0 heterocycles. The van der Waals surface area contributed by atoms with Crippen molar-refractivity contribution in [1.29, 1.82) is 5.26 Å². The van der Waals surface area contributed by atoms with Crippen LogP contribution in [0.25, 0.3) is 0 Å². The first kappa shape index (κ1) is 13.7. The summed E-state index contributed by atoms with van der Waals surface area (Å²) in [4.78, 5) is 2.24. The molecule has 0 aliphatic rings. The van der Waals surface area contributed by atoms with Crippen molar-refractivity contribution in [3.63, 3.8) is 0 Å². The highest BCUT2D eigenvalue weighted by molar-refractivity contribution is 5.32. The van der Waals surface area contributed by atoms with E-state index in [1.165, 1.54) is 5.56 Å². The smallest absolute Gasteiger partial charge is 0.0991 e. The Kier molecular flexibility index (Phi) is 4.68. The van der Waals surface area contributed by atoms with Gasteiger partial charge in [0.2, 0.25) is 0 Å². The molecule has 0 radical (unpaired) electrons. The minimum absolute atomic E-state index is 0.127. The van der Waals surface area contributed by atoms with Crippen LogP contribution in [0, 0.1) is 16.7 Å². The predicted octanol–water partition coefficient (Wildman–Crippen LogP) is 1.97. The van der Waals surface area contributed by atoms with Gasteiger partial charge in [0.1, 0.15) is 0 Å². The summed E-state index contributed by atoms with van der Waals surface area (Å²) in [5, 5.41) is 8.84. The molecule has 1 aromatic carbocycles. The predicted molar refractivity (Wildman–Crippen MR) is 70.3 cm³/mol. The Morgan fingerprint density at radius 2 is 2.12 bits per heavy atom. The van der Waals surface area contributed by atoms with E-state index in [0.29, 0.717) is 12.1 Å². The van der Waals surface area contributed by atoms with Gasteiger partial charge in [0.25, 0.3) is 0 Å². The number of benzene rings is 1. The van der Waals surface area contributed by atoms with Crippen molar-refractivity contribution in [3.05, 3.63) is 35.4 Å². The number of nitriles is 1. The van der Waals surface area contributed by atoms with Gasteiger partial charge in [-0.3, -0.25) is 0 Å². The molecular weight excluding hydrogens is 210 g/mol. The standard InChI is InChI=1S/C14H21N3/c1-14(2,10-16)11-17(3)9-13-6-4-5-12(7-13)8-15/h4-7H,9-11,16H2,1-3H3. The normalized spacial score (nSPS) is 11.5. The topological polar surface area (TPSA) is 53.0 Å². The lowest BCUT2D eigenvalue weighted by Gasteiger charge is -2.29. The van der Waals surface area contributed by atoms with E-state index in [9.17, 15) is 0 Å². The summed E-state index contributed by atoms with van der Waals surface area (Å²) in [6.07, 6.45) is 0. The lowest BCUT2D eigenvalue weighted by Crippen LogP contribution is -2.36. The second-order valence-electron chi connectivity index (χ2n) is 5.35. The van der Waals surface area contributed by atoms with E-state index in [0.717, 1.165) is 13.1 Å². The van der Waals surface area contributed by atoms with Crippen molar-refractivity contribution in [2.75, 3.05) is 20.1 Å². The molecule has 0 spiro atoms. The van der Waals surface area contributed by atoms with Gasteiger partial charge in [0.05, 0.1) is 11.6 Å². The molecule has 0 unspecified atom stereocenters. The molecule has 3 nitrogen and oxygen atoms in total. The second kappa shape index (κ2) is 5.81. The quantitative estimate of drug-likeness (QED) is 0.843. The van der Waals surface area contributed by atoms with Gasteiger partial charge in [-0.15, -0.1) is 0 Å².